The molecule has 1 aromatic carbocycles. The molecule has 1 saturated heterocycles. The van der Waals surface area contributed by atoms with Gasteiger partial charge in [-0.2, -0.15) is 5.10 Å². The van der Waals surface area contributed by atoms with Crippen LogP contribution in [0.1, 0.15) is 25.0 Å². The maximum Gasteiger partial charge on any atom is 0.248 e. The first kappa shape index (κ1) is 24.2. The number of nitrogens with zero attached hydrogens (tertiary/aromatic N) is 7. The van der Waals surface area contributed by atoms with Gasteiger partial charge in [0.2, 0.25) is 5.91 Å². The highest BCUT2D eigenvalue weighted by molar-refractivity contribution is 6.02. The summed E-state index contributed by atoms with van der Waals surface area (Å²) in [4.78, 5) is 21.8. The van der Waals surface area contributed by atoms with E-state index in [1.165, 1.54) is 11.6 Å². The highest BCUT2D eigenvalue weighted by Gasteiger charge is 2.21. The Kier molecular flexibility index (Phi) is 7.89. The van der Waals surface area contributed by atoms with Gasteiger partial charge in [0.15, 0.2) is 0 Å². The molecule has 1 aliphatic rings. The Balaban J connectivity index is 1.36. The maximum absolute atomic E-state index is 12.5. The quantitative estimate of drug-likeness (QED) is 0.224. The van der Waals surface area contributed by atoms with Crippen LogP contribution < -0.4 is 5.32 Å². The Hall–Kier alpha value is -3.98. The van der Waals surface area contributed by atoms with Crippen molar-refractivity contribution < 1.29 is 9.53 Å². The van der Waals surface area contributed by atoms with Crippen molar-refractivity contribution in [1.29, 1.82) is 0 Å². The molecule has 3 aromatic rings. The van der Waals surface area contributed by atoms with Gasteiger partial charge in [0.05, 0.1) is 18.4 Å². The number of anilines is 1. The molecule has 3 heterocycles. The van der Waals surface area contributed by atoms with Crippen LogP contribution in [-0.2, 0) is 22.7 Å². The number of carbonyl (C=O) groups excluding carboxylic acids is 1. The van der Waals surface area contributed by atoms with Crippen molar-refractivity contribution in [2.75, 3.05) is 18.4 Å². The summed E-state index contributed by atoms with van der Waals surface area (Å²) in [7, 11) is 0. The van der Waals surface area contributed by atoms with E-state index in [0.717, 1.165) is 42.0 Å². The molecule has 0 bridgehead atoms. The maximum atomic E-state index is 12.5. The number of pyridine rings is 1. The van der Waals surface area contributed by atoms with E-state index in [4.69, 9.17) is 10.3 Å². The van der Waals surface area contributed by atoms with Gasteiger partial charge < -0.3 is 10.1 Å². The monoisotopic (exact) mass is 472 g/mol. The van der Waals surface area contributed by atoms with Crippen LogP contribution in [0.4, 0.5) is 5.69 Å². The SMILES string of the molecule is C[C@@H]1CN(Cc2ccc(NC(=O)/C=C/c3cnccc3-c3cnn(CN=[N+]=[N-])c3)cc2)C[C@H](C)O1. The Morgan fingerprint density at radius 1 is 1.23 bits per heavy atom. The van der Waals surface area contributed by atoms with Gasteiger partial charge in [0.25, 0.3) is 0 Å². The van der Waals surface area contributed by atoms with Crippen LogP contribution in [-0.4, -0.2) is 50.9 Å². The fourth-order valence-electron chi connectivity index (χ4n) is 4.19. The fraction of sp³-hybridized carbons (Fsp3) is 0.320. The predicted octanol–water partition coefficient (Wildman–Crippen LogP) is 4.47. The summed E-state index contributed by atoms with van der Waals surface area (Å²) in [5.74, 6) is -0.234. The molecular formula is C25H28N8O2. The summed E-state index contributed by atoms with van der Waals surface area (Å²) in [5.41, 5.74) is 12.9. The standard InChI is InChI=1S/C25H28N8O2/c1-18-13-32(14-19(2)35-18)15-20-3-6-23(7-4-20)30-25(34)8-5-21-11-27-10-9-24(21)22-12-29-33(16-22)17-28-31-26/h3-12,16,18-19H,13-15,17H2,1-2H3,(H,30,34)/b8-5+/t18-,19+. The third kappa shape index (κ3) is 6.77. The van der Waals surface area contributed by atoms with Crippen LogP contribution in [0.25, 0.3) is 27.6 Å². The van der Waals surface area contributed by atoms with Crippen molar-refractivity contribution in [3.8, 4) is 11.1 Å². The molecule has 0 spiro atoms. The molecule has 35 heavy (non-hydrogen) atoms. The average Bonchev–Trinajstić information content (AvgIpc) is 3.31. The van der Waals surface area contributed by atoms with E-state index < -0.39 is 0 Å². The number of ether oxygens (including phenoxy) is 1. The zero-order valence-corrected chi connectivity index (χ0v) is 19.8. The van der Waals surface area contributed by atoms with Crippen molar-refractivity contribution in [2.45, 2.75) is 39.3 Å². The second-order valence-corrected chi connectivity index (χ2v) is 8.57. The summed E-state index contributed by atoms with van der Waals surface area (Å²) in [6.45, 7) is 7.00. The second kappa shape index (κ2) is 11.4. The van der Waals surface area contributed by atoms with Crippen molar-refractivity contribution in [1.82, 2.24) is 19.7 Å². The van der Waals surface area contributed by atoms with E-state index >= 15 is 0 Å². The zero-order valence-electron chi connectivity index (χ0n) is 19.8. The number of hydrogen-bond acceptors (Lipinski definition) is 6. The van der Waals surface area contributed by atoms with Gasteiger partial charge in [-0.1, -0.05) is 17.2 Å². The minimum Gasteiger partial charge on any atom is -0.373 e. The molecule has 10 nitrogen and oxygen atoms in total. The molecular weight excluding hydrogens is 444 g/mol. The highest BCUT2D eigenvalue weighted by atomic mass is 16.5. The topological polar surface area (TPSA) is 121 Å². The first-order chi connectivity index (χ1) is 17.0. The Bertz CT molecular complexity index is 1220. The molecule has 1 amide bonds. The average molecular weight is 473 g/mol. The number of carbonyl (C=O) groups is 1. The number of hydrogen-bond donors (Lipinski definition) is 1. The predicted molar refractivity (Wildman–Crippen MR) is 134 cm³/mol. The van der Waals surface area contributed by atoms with E-state index in [0.29, 0.717) is 0 Å². The van der Waals surface area contributed by atoms with E-state index in [2.05, 4.69) is 44.2 Å². The third-order valence-corrected chi connectivity index (χ3v) is 5.60. The number of benzene rings is 1. The van der Waals surface area contributed by atoms with Crippen LogP contribution in [0, 0.1) is 0 Å². The summed E-state index contributed by atoms with van der Waals surface area (Å²) in [5, 5.41) is 10.6. The summed E-state index contributed by atoms with van der Waals surface area (Å²) in [6, 6.07) is 9.76. The summed E-state index contributed by atoms with van der Waals surface area (Å²) >= 11 is 0. The Labute approximate surface area is 203 Å². The first-order valence-corrected chi connectivity index (χ1v) is 11.4. The van der Waals surface area contributed by atoms with Crippen molar-refractivity contribution >= 4 is 17.7 Å². The Morgan fingerprint density at radius 3 is 2.74 bits per heavy atom. The number of amides is 1. The molecule has 0 radical (unpaired) electrons. The van der Waals surface area contributed by atoms with Gasteiger partial charge in [-0.15, -0.1) is 0 Å². The van der Waals surface area contributed by atoms with Gasteiger partial charge >= 0.3 is 0 Å². The number of aromatic nitrogens is 3. The largest absolute Gasteiger partial charge is 0.373 e. The molecule has 2 aromatic heterocycles. The molecule has 4 rings (SSSR count). The number of azide groups is 1. The Morgan fingerprint density at radius 2 is 2.00 bits per heavy atom. The van der Waals surface area contributed by atoms with Crippen molar-refractivity contribution in [2.24, 2.45) is 5.11 Å². The molecule has 0 saturated carbocycles. The van der Waals surface area contributed by atoms with Gasteiger partial charge in [0, 0.05) is 66.0 Å². The van der Waals surface area contributed by atoms with Gasteiger partial charge in [-0.05, 0) is 54.8 Å². The third-order valence-electron chi connectivity index (χ3n) is 5.60. The van der Waals surface area contributed by atoms with Crippen LogP contribution in [0.15, 0.2) is 66.3 Å². The normalized spacial score (nSPS) is 18.3. The van der Waals surface area contributed by atoms with E-state index in [9.17, 15) is 4.79 Å². The second-order valence-electron chi connectivity index (χ2n) is 8.57. The molecule has 2 atom stereocenters. The smallest absolute Gasteiger partial charge is 0.248 e. The van der Waals surface area contributed by atoms with Gasteiger partial charge in [-0.3, -0.25) is 19.4 Å². The van der Waals surface area contributed by atoms with Crippen LogP contribution in [0.2, 0.25) is 0 Å². The molecule has 1 N–H and O–H groups in total. The molecule has 0 unspecified atom stereocenters. The lowest BCUT2D eigenvalue weighted by atomic mass is 10.0. The molecule has 10 heteroatoms. The van der Waals surface area contributed by atoms with E-state index in [1.54, 1.807) is 35.5 Å². The lowest BCUT2D eigenvalue weighted by Gasteiger charge is -2.35. The number of morpholine rings is 1. The van der Waals surface area contributed by atoms with E-state index in [1.807, 2.05) is 30.3 Å². The fourth-order valence-corrected chi connectivity index (χ4v) is 4.19. The van der Waals surface area contributed by atoms with Crippen LogP contribution in [0.3, 0.4) is 0 Å². The van der Waals surface area contributed by atoms with Crippen molar-refractivity contribution in [3.05, 3.63) is 82.8 Å². The minimum atomic E-state index is -0.234. The number of nitrogens with one attached hydrogen (secondary N) is 1. The molecule has 180 valence electrons. The lowest BCUT2D eigenvalue weighted by molar-refractivity contribution is -0.111. The first-order valence-electron chi connectivity index (χ1n) is 11.4. The van der Waals surface area contributed by atoms with Gasteiger partial charge in [0.1, 0.15) is 6.67 Å². The van der Waals surface area contributed by atoms with Crippen LogP contribution in [0.5, 0.6) is 0 Å². The molecule has 1 fully saturated rings. The minimum absolute atomic E-state index is 0.110. The highest BCUT2D eigenvalue weighted by Crippen LogP contribution is 2.23. The van der Waals surface area contributed by atoms with E-state index in [-0.39, 0.29) is 24.8 Å². The lowest BCUT2D eigenvalue weighted by Crippen LogP contribution is -2.44. The van der Waals surface area contributed by atoms with Crippen LogP contribution >= 0.6 is 0 Å². The van der Waals surface area contributed by atoms with Crippen molar-refractivity contribution in [3.63, 3.8) is 0 Å². The summed E-state index contributed by atoms with van der Waals surface area (Å²) in [6.07, 6.45) is 10.5. The van der Waals surface area contributed by atoms with Gasteiger partial charge in [-0.25, -0.2) is 0 Å². The zero-order chi connectivity index (χ0) is 24.6. The number of rotatable bonds is 8. The molecule has 0 aliphatic carbocycles. The molecule has 1 aliphatic heterocycles. The summed E-state index contributed by atoms with van der Waals surface area (Å²) < 4.78 is 7.34.